The zero-order chi connectivity index (χ0) is 14.3. The second kappa shape index (κ2) is 5.41. The Hall–Kier alpha value is -1.00. The van der Waals surface area contributed by atoms with Crippen molar-refractivity contribution in [2.45, 2.75) is 37.7 Å². The topological polar surface area (TPSA) is 46.2 Å². The highest BCUT2D eigenvalue weighted by atomic mass is 19.1. The molecular weight excluding hydrogens is 260 g/mol. The van der Waals surface area contributed by atoms with Gasteiger partial charge in [0.25, 0.3) is 0 Å². The quantitative estimate of drug-likeness (QED) is 0.891. The molecule has 4 heteroatoms. The smallest absolute Gasteiger partial charge is 0.126 e. The predicted molar refractivity (Wildman–Crippen MR) is 73.1 cm³/mol. The molecule has 2 nitrogen and oxygen atoms in total. The molecule has 0 aromatic heterocycles. The molecule has 1 aromatic carbocycles. The average molecular weight is 281 g/mol. The SMILES string of the molecule is NCC(c1cc(F)cc(F)c1)C(O)C1C2CCCCC21. The number of aliphatic hydroxyl groups is 1. The van der Waals surface area contributed by atoms with Gasteiger partial charge in [-0.2, -0.15) is 0 Å². The molecule has 0 aliphatic heterocycles. The van der Waals surface area contributed by atoms with Gasteiger partial charge in [-0.05, 0) is 48.3 Å². The second-order valence-electron chi connectivity index (χ2n) is 6.23. The summed E-state index contributed by atoms with van der Waals surface area (Å²) < 4.78 is 26.7. The number of rotatable bonds is 4. The van der Waals surface area contributed by atoms with E-state index in [4.69, 9.17) is 5.73 Å². The summed E-state index contributed by atoms with van der Waals surface area (Å²) >= 11 is 0. The third-order valence-corrected chi connectivity index (χ3v) is 5.10. The molecule has 20 heavy (non-hydrogen) atoms. The molecule has 3 N–H and O–H groups in total. The second-order valence-corrected chi connectivity index (χ2v) is 6.23. The largest absolute Gasteiger partial charge is 0.392 e. The van der Waals surface area contributed by atoms with Crippen LogP contribution < -0.4 is 5.73 Å². The van der Waals surface area contributed by atoms with E-state index < -0.39 is 17.7 Å². The minimum absolute atomic E-state index is 0.208. The number of fused-ring (bicyclic) bond motifs is 1. The van der Waals surface area contributed by atoms with E-state index in [1.807, 2.05) is 0 Å². The Labute approximate surface area is 118 Å². The molecule has 4 atom stereocenters. The Morgan fingerprint density at radius 1 is 1.10 bits per heavy atom. The third kappa shape index (κ3) is 2.47. The number of hydrogen-bond donors (Lipinski definition) is 2. The van der Waals surface area contributed by atoms with E-state index in [2.05, 4.69) is 0 Å². The van der Waals surface area contributed by atoms with Crippen molar-refractivity contribution in [3.05, 3.63) is 35.4 Å². The summed E-state index contributed by atoms with van der Waals surface area (Å²) in [5.41, 5.74) is 6.23. The van der Waals surface area contributed by atoms with Crippen molar-refractivity contribution < 1.29 is 13.9 Å². The normalized spacial score (nSPS) is 31.5. The molecule has 2 saturated carbocycles. The zero-order valence-corrected chi connectivity index (χ0v) is 11.4. The Morgan fingerprint density at radius 2 is 1.65 bits per heavy atom. The van der Waals surface area contributed by atoms with Gasteiger partial charge in [-0.25, -0.2) is 8.78 Å². The summed E-state index contributed by atoms with van der Waals surface area (Å²) in [6.07, 6.45) is 4.20. The van der Waals surface area contributed by atoms with Crippen LogP contribution in [0.4, 0.5) is 8.78 Å². The number of nitrogens with two attached hydrogens (primary N) is 1. The van der Waals surface area contributed by atoms with Crippen LogP contribution in [0.1, 0.15) is 37.2 Å². The van der Waals surface area contributed by atoms with Crippen LogP contribution in [0.5, 0.6) is 0 Å². The van der Waals surface area contributed by atoms with Gasteiger partial charge in [0.2, 0.25) is 0 Å². The van der Waals surface area contributed by atoms with Gasteiger partial charge in [0, 0.05) is 18.5 Å². The first-order valence-electron chi connectivity index (χ1n) is 7.46. The number of benzene rings is 1. The van der Waals surface area contributed by atoms with Crippen molar-refractivity contribution >= 4 is 0 Å². The maximum atomic E-state index is 13.3. The lowest BCUT2D eigenvalue weighted by Crippen LogP contribution is -2.28. The molecule has 2 fully saturated rings. The number of halogens is 2. The van der Waals surface area contributed by atoms with E-state index in [1.165, 1.54) is 37.8 Å². The van der Waals surface area contributed by atoms with Gasteiger partial charge in [-0.1, -0.05) is 12.8 Å². The van der Waals surface area contributed by atoms with E-state index in [1.54, 1.807) is 0 Å². The molecule has 0 spiro atoms. The summed E-state index contributed by atoms with van der Waals surface area (Å²) in [5.74, 6) is -0.164. The third-order valence-electron chi connectivity index (χ3n) is 5.10. The van der Waals surface area contributed by atoms with Crippen LogP contribution >= 0.6 is 0 Å². The lowest BCUT2D eigenvalue weighted by Gasteiger charge is -2.22. The number of hydrogen-bond acceptors (Lipinski definition) is 2. The van der Waals surface area contributed by atoms with Gasteiger partial charge in [0.15, 0.2) is 0 Å². The lowest BCUT2D eigenvalue weighted by molar-refractivity contribution is 0.112. The van der Waals surface area contributed by atoms with Crippen molar-refractivity contribution in [2.75, 3.05) is 6.54 Å². The summed E-state index contributed by atoms with van der Waals surface area (Å²) in [4.78, 5) is 0. The molecule has 3 rings (SSSR count). The van der Waals surface area contributed by atoms with E-state index >= 15 is 0 Å². The van der Waals surface area contributed by atoms with Crippen molar-refractivity contribution in [1.29, 1.82) is 0 Å². The average Bonchev–Trinajstić information content (AvgIpc) is 3.12. The summed E-state index contributed by atoms with van der Waals surface area (Å²) in [5, 5.41) is 10.6. The minimum atomic E-state index is -0.612. The molecule has 0 heterocycles. The highest BCUT2D eigenvalue weighted by Gasteiger charge is 2.55. The molecule has 2 aliphatic rings. The van der Waals surface area contributed by atoms with Gasteiger partial charge in [0.05, 0.1) is 6.10 Å². The van der Waals surface area contributed by atoms with Crippen LogP contribution in [-0.4, -0.2) is 17.8 Å². The first-order chi connectivity index (χ1) is 9.61. The Balaban J connectivity index is 1.79. The molecule has 0 bridgehead atoms. The number of aliphatic hydroxyl groups excluding tert-OH is 1. The van der Waals surface area contributed by atoms with Crippen LogP contribution in [0.3, 0.4) is 0 Å². The minimum Gasteiger partial charge on any atom is -0.392 e. The van der Waals surface area contributed by atoms with Crippen LogP contribution in [0.2, 0.25) is 0 Å². The van der Waals surface area contributed by atoms with Gasteiger partial charge in [0.1, 0.15) is 11.6 Å². The lowest BCUT2D eigenvalue weighted by atomic mass is 9.89. The van der Waals surface area contributed by atoms with Crippen LogP contribution in [0, 0.1) is 29.4 Å². The maximum absolute atomic E-state index is 13.3. The fraction of sp³-hybridized carbons (Fsp3) is 0.625. The van der Waals surface area contributed by atoms with Crippen molar-refractivity contribution in [2.24, 2.45) is 23.5 Å². The van der Waals surface area contributed by atoms with E-state index in [0.29, 0.717) is 17.4 Å². The first-order valence-corrected chi connectivity index (χ1v) is 7.46. The van der Waals surface area contributed by atoms with E-state index in [9.17, 15) is 13.9 Å². The van der Waals surface area contributed by atoms with Gasteiger partial charge >= 0.3 is 0 Å². The van der Waals surface area contributed by atoms with Crippen molar-refractivity contribution in [3.63, 3.8) is 0 Å². The highest BCUT2D eigenvalue weighted by Crippen LogP contribution is 2.58. The van der Waals surface area contributed by atoms with Gasteiger partial charge < -0.3 is 10.8 Å². The molecule has 110 valence electrons. The standard InChI is InChI=1S/C16H21F2NO/c17-10-5-9(6-11(18)7-10)14(8-19)16(20)15-12-3-1-2-4-13(12)15/h5-7,12-16,20H,1-4,8,19H2. The monoisotopic (exact) mass is 281 g/mol. The molecule has 0 amide bonds. The Kier molecular flexibility index (Phi) is 3.78. The molecular formula is C16H21F2NO. The summed E-state index contributed by atoms with van der Waals surface area (Å²) in [7, 11) is 0. The van der Waals surface area contributed by atoms with Crippen molar-refractivity contribution in [3.8, 4) is 0 Å². The van der Waals surface area contributed by atoms with E-state index in [0.717, 1.165) is 6.07 Å². The first kappa shape index (κ1) is 14.0. The zero-order valence-electron chi connectivity index (χ0n) is 11.4. The Bertz CT molecular complexity index is 461. The fourth-order valence-corrected chi connectivity index (χ4v) is 4.08. The molecule has 1 aromatic rings. The molecule has 0 saturated heterocycles. The van der Waals surface area contributed by atoms with Gasteiger partial charge in [-0.3, -0.25) is 0 Å². The van der Waals surface area contributed by atoms with Gasteiger partial charge in [-0.15, -0.1) is 0 Å². The molecule has 2 aliphatic carbocycles. The highest BCUT2D eigenvalue weighted by molar-refractivity contribution is 5.25. The van der Waals surface area contributed by atoms with Crippen LogP contribution in [0.25, 0.3) is 0 Å². The summed E-state index contributed by atoms with van der Waals surface area (Å²) in [6.45, 7) is 0.208. The summed E-state index contributed by atoms with van der Waals surface area (Å²) in [6, 6.07) is 3.42. The van der Waals surface area contributed by atoms with Crippen molar-refractivity contribution in [1.82, 2.24) is 0 Å². The maximum Gasteiger partial charge on any atom is 0.126 e. The van der Waals surface area contributed by atoms with Crippen LogP contribution in [0.15, 0.2) is 18.2 Å². The molecule has 0 radical (unpaired) electrons. The fourth-order valence-electron chi connectivity index (χ4n) is 4.08. The Morgan fingerprint density at radius 3 is 2.15 bits per heavy atom. The van der Waals surface area contributed by atoms with Crippen LogP contribution in [-0.2, 0) is 0 Å². The predicted octanol–water partition coefficient (Wildman–Crippen LogP) is 2.80. The van der Waals surface area contributed by atoms with E-state index in [-0.39, 0.29) is 18.4 Å². The molecule has 4 unspecified atom stereocenters.